The van der Waals surface area contributed by atoms with Gasteiger partial charge in [0, 0.05) is 37.0 Å². The summed E-state index contributed by atoms with van der Waals surface area (Å²) in [6, 6.07) is 11.6. The van der Waals surface area contributed by atoms with Crippen molar-refractivity contribution in [3.05, 3.63) is 64.6 Å². The zero-order valence-corrected chi connectivity index (χ0v) is 24.8. The van der Waals surface area contributed by atoms with Crippen LogP contribution in [0.2, 0.25) is 5.02 Å². The molecule has 0 unspecified atom stereocenters. The fourth-order valence-corrected chi connectivity index (χ4v) is 5.08. The van der Waals surface area contributed by atoms with Crippen molar-refractivity contribution in [1.82, 2.24) is 25.3 Å². The maximum absolute atomic E-state index is 14.3. The first-order chi connectivity index (χ1) is 19.8. The first-order valence-corrected chi connectivity index (χ1v) is 14.1. The van der Waals surface area contributed by atoms with Crippen molar-refractivity contribution in [1.29, 1.82) is 0 Å². The number of Topliss-reactive ketones (excluding diaryl/α,β-unsaturated/α-hetero) is 1. The van der Waals surface area contributed by atoms with Gasteiger partial charge in [0.25, 0.3) is 0 Å². The number of nitrogens with one attached hydrogen (secondary N) is 2. The van der Waals surface area contributed by atoms with Crippen LogP contribution in [0.15, 0.2) is 42.5 Å². The van der Waals surface area contributed by atoms with Gasteiger partial charge in [-0.25, -0.2) is 9.18 Å². The number of ketones is 1. The molecule has 0 atom stereocenters. The van der Waals surface area contributed by atoms with E-state index >= 15 is 0 Å². The molecule has 1 aromatic heterocycles. The molecular formula is C30H35ClFN5O5. The van der Waals surface area contributed by atoms with Gasteiger partial charge in [-0.2, -0.15) is 5.10 Å². The minimum atomic E-state index is -0.614. The molecule has 0 saturated heterocycles. The number of carbonyl (C=O) groups excluding carboxylic acids is 4. The Kier molecular flexibility index (Phi) is 9.50. The number of fused-ring (bicyclic) bond motifs is 1. The van der Waals surface area contributed by atoms with Gasteiger partial charge < -0.3 is 20.3 Å². The Labute approximate surface area is 248 Å². The fourth-order valence-electron chi connectivity index (χ4n) is 4.89. The minimum Gasteiger partial charge on any atom is -0.444 e. The summed E-state index contributed by atoms with van der Waals surface area (Å²) in [5.74, 6) is -1.64. The van der Waals surface area contributed by atoms with Gasteiger partial charge in [-0.3, -0.25) is 19.1 Å². The third kappa shape index (κ3) is 7.84. The van der Waals surface area contributed by atoms with E-state index in [4.69, 9.17) is 16.3 Å². The van der Waals surface area contributed by atoms with Crippen molar-refractivity contribution >= 4 is 46.2 Å². The number of ether oxygens (including phenoxy) is 1. The van der Waals surface area contributed by atoms with Crippen LogP contribution >= 0.6 is 11.6 Å². The predicted molar refractivity (Wildman–Crippen MR) is 155 cm³/mol. The van der Waals surface area contributed by atoms with E-state index in [2.05, 4.69) is 15.7 Å². The van der Waals surface area contributed by atoms with Crippen molar-refractivity contribution in [3.63, 3.8) is 0 Å². The molecule has 42 heavy (non-hydrogen) atoms. The van der Waals surface area contributed by atoms with E-state index in [0.717, 1.165) is 0 Å². The molecule has 0 bridgehead atoms. The molecule has 0 radical (unpaired) electrons. The van der Waals surface area contributed by atoms with Gasteiger partial charge in [0.15, 0.2) is 5.78 Å². The molecule has 10 nitrogen and oxygen atoms in total. The van der Waals surface area contributed by atoms with Crippen LogP contribution in [-0.2, 0) is 27.4 Å². The van der Waals surface area contributed by atoms with E-state index in [9.17, 15) is 23.6 Å². The molecule has 0 aliphatic heterocycles. The highest BCUT2D eigenvalue weighted by molar-refractivity contribution is 6.30. The Morgan fingerprint density at radius 2 is 1.83 bits per heavy atom. The molecule has 3 amide bonds. The van der Waals surface area contributed by atoms with Crippen molar-refractivity contribution in [2.24, 2.45) is 5.92 Å². The fraction of sp³-hybridized carbons (Fsp3) is 0.433. The third-order valence-electron chi connectivity index (χ3n) is 6.91. The molecule has 1 heterocycles. The number of para-hydroxylation sites is 1. The third-order valence-corrected chi connectivity index (χ3v) is 7.20. The Morgan fingerprint density at radius 1 is 1.12 bits per heavy atom. The Bertz CT molecular complexity index is 1490. The zero-order valence-electron chi connectivity index (χ0n) is 24.1. The molecule has 4 rings (SSSR count). The number of benzene rings is 2. The average Bonchev–Trinajstić information content (AvgIpc) is 3.25. The molecule has 0 spiro atoms. The number of amides is 3. The quantitative estimate of drug-likeness (QED) is 0.331. The van der Waals surface area contributed by atoms with E-state index in [1.165, 1.54) is 28.6 Å². The van der Waals surface area contributed by atoms with Crippen LogP contribution < -0.4 is 10.6 Å². The van der Waals surface area contributed by atoms with Crippen LogP contribution in [0.4, 0.5) is 9.18 Å². The summed E-state index contributed by atoms with van der Waals surface area (Å²) in [5.41, 5.74) is 0.503. The first-order valence-electron chi connectivity index (χ1n) is 13.7. The Morgan fingerprint density at radius 3 is 2.52 bits per heavy atom. The predicted octanol–water partition coefficient (Wildman–Crippen LogP) is 4.48. The molecular weight excluding hydrogens is 565 g/mol. The van der Waals surface area contributed by atoms with E-state index in [-0.39, 0.29) is 66.1 Å². The van der Waals surface area contributed by atoms with Gasteiger partial charge in [-0.05, 0) is 51.7 Å². The molecule has 1 aliphatic carbocycles. The normalized spacial score (nSPS) is 16.4. The van der Waals surface area contributed by atoms with Gasteiger partial charge in [-0.15, -0.1) is 0 Å². The van der Waals surface area contributed by atoms with E-state index in [0.29, 0.717) is 23.7 Å². The first kappa shape index (κ1) is 31.0. The van der Waals surface area contributed by atoms with Crippen molar-refractivity contribution in [2.45, 2.75) is 65.3 Å². The van der Waals surface area contributed by atoms with E-state index < -0.39 is 23.4 Å². The summed E-state index contributed by atoms with van der Waals surface area (Å²) in [5, 5.41) is 10.5. The zero-order chi connectivity index (χ0) is 30.6. The summed E-state index contributed by atoms with van der Waals surface area (Å²) in [7, 11) is 0. The molecule has 1 fully saturated rings. The number of rotatable bonds is 10. The van der Waals surface area contributed by atoms with Crippen LogP contribution in [0, 0.1) is 11.7 Å². The highest BCUT2D eigenvalue weighted by Gasteiger charge is 2.34. The van der Waals surface area contributed by atoms with Crippen LogP contribution in [0.5, 0.6) is 0 Å². The van der Waals surface area contributed by atoms with Crippen molar-refractivity contribution in [2.75, 3.05) is 13.1 Å². The standard InChI is InChI=1S/C30H35ClFN5O5/c1-18(38)28-22-9-5-6-11-24(22)37(35-28)17-26(40)36(15-19-12-21(13-19)34-29(41)42-30(2,3)4)16-25(39)33-14-20-8-7-10-23(31)27(20)32/h5-11,19,21H,12-17H2,1-4H3,(H,33,39)(H,34,41)/t19-,21-. The minimum absolute atomic E-state index is 0.0363. The number of aromatic nitrogens is 2. The summed E-state index contributed by atoms with van der Waals surface area (Å²) < 4.78 is 21.1. The second kappa shape index (κ2) is 12.9. The number of alkyl carbamates (subject to hydrolysis) is 1. The average molecular weight is 600 g/mol. The summed E-state index contributed by atoms with van der Waals surface area (Å²) in [6.45, 7) is 6.50. The number of halogens is 2. The van der Waals surface area contributed by atoms with Crippen LogP contribution in [-0.4, -0.2) is 63.1 Å². The lowest BCUT2D eigenvalue weighted by molar-refractivity contribution is -0.137. The molecule has 12 heteroatoms. The largest absolute Gasteiger partial charge is 0.444 e. The summed E-state index contributed by atoms with van der Waals surface area (Å²) in [4.78, 5) is 52.2. The molecule has 3 aromatic rings. The Hall–Kier alpha value is -3.99. The van der Waals surface area contributed by atoms with E-state index in [1.807, 2.05) is 0 Å². The monoisotopic (exact) mass is 599 g/mol. The van der Waals surface area contributed by atoms with Crippen molar-refractivity contribution in [3.8, 4) is 0 Å². The maximum atomic E-state index is 14.3. The molecule has 1 saturated carbocycles. The molecule has 224 valence electrons. The van der Waals surface area contributed by atoms with Crippen molar-refractivity contribution < 1.29 is 28.3 Å². The van der Waals surface area contributed by atoms with Gasteiger partial charge in [-0.1, -0.05) is 41.9 Å². The smallest absolute Gasteiger partial charge is 0.407 e. The highest BCUT2D eigenvalue weighted by atomic mass is 35.5. The lowest BCUT2D eigenvalue weighted by Crippen LogP contribution is -2.51. The molecule has 1 aliphatic rings. The number of nitrogens with zero attached hydrogens (tertiary/aromatic N) is 3. The van der Waals surface area contributed by atoms with Crippen LogP contribution in [0.3, 0.4) is 0 Å². The maximum Gasteiger partial charge on any atom is 0.407 e. The van der Waals surface area contributed by atoms with Crippen LogP contribution in [0.1, 0.15) is 56.6 Å². The SMILES string of the molecule is CC(=O)c1nn(CC(=O)N(CC(=O)NCc2cccc(Cl)c2F)C[C@H]2C[C@H](NC(=O)OC(C)(C)C)C2)c2ccccc12. The van der Waals surface area contributed by atoms with Gasteiger partial charge >= 0.3 is 6.09 Å². The second-order valence-electron chi connectivity index (χ2n) is 11.5. The summed E-state index contributed by atoms with van der Waals surface area (Å²) >= 11 is 5.85. The molecule has 2 aromatic carbocycles. The summed E-state index contributed by atoms with van der Waals surface area (Å²) in [6.07, 6.45) is 0.716. The lowest BCUT2D eigenvalue weighted by Gasteiger charge is -2.39. The Balaban J connectivity index is 1.44. The molecule has 2 N–H and O–H groups in total. The number of carbonyl (C=O) groups is 4. The van der Waals surface area contributed by atoms with Gasteiger partial charge in [0.1, 0.15) is 23.7 Å². The second-order valence-corrected chi connectivity index (χ2v) is 11.9. The van der Waals surface area contributed by atoms with Gasteiger partial charge in [0.05, 0.1) is 17.1 Å². The topological polar surface area (TPSA) is 123 Å². The van der Waals surface area contributed by atoms with Crippen LogP contribution in [0.25, 0.3) is 10.9 Å². The lowest BCUT2D eigenvalue weighted by atomic mass is 9.80. The number of hydrogen-bond acceptors (Lipinski definition) is 6. The van der Waals surface area contributed by atoms with E-state index in [1.54, 1.807) is 51.1 Å². The highest BCUT2D eigenvalue weighted by Crippen LogP contribution is 2.29. The number of hydrogen-bond donors (Lipinski definition) is 2. The van der Waals surface area contributed by atoms with Gasteiger partial charge in [0.2, 0.25) is 11.8 Å².